The second kappa shape index (κ2) is 14.2. The van der Waals surface area contributed by atoms with Crippen molar-refractivity contribution in [2.24, 2.45) is 5.92 Å². The van der Waals surface area contributed by atoms with Gasteiger partial charge in [-0.1, -0.05) is 51.3 Å². The Morgan fingerprint density at radius 3 is 2.80 bits per heavy atom. The molecule has 148 valence electrons. The molecule has 1 aliphatic heterocycles. The summed E-state index contributed by atoms with van der Waals surface area (Å²) in [5.74, 6) is 1.36. The van der Waals surface area contributed by atoms with Crippen LogP contribution in [0.3, 0.4) is 0 Å². The van der Waals surface area contributed by atoms with E-state index in [-0.39, 0.29) is 0 Å². The van der Waals surface area contributed by atoms with Gasteiger partial charge in [0.05, 0.1) is 0 Å². The molecule has 5 nitrogen and oxygen atoms in total. The Bertz CT molecular complexity index is 350. The molecule has 2 unspecified atom stereocenters. The third kappa shape index (κ3) is 10.7. The van der Waals surface area contributed by atoms with Crippen molar-refractivity contribution in [3.05, 3.63) is 0 Å². The van der Waals surface area contributed by atoms with E-state index in [9.17, 15) is 4.79 Å². The molecule has 1 aliphatic rings. The van der Waals surface area contributed by atoms with Crippen LogP contribution in [0.15, 0.2) is 0 Å². The summed E-state index contributed by atoms with van der Waals surface area (Å²) in [7, 11) is -2.64. The monoisotopic (exact) mass is 391 g/mol. The van der Waals surface area contributed by atoms with Crippen molar-refractivity contribution < 1.29 is 18.2 Å². The Morgan fingerprint density at radius 2 is 2.04 bits per heavy atom. The zero-order chi connectivity index (χ0) is 18.4. The number of nitrogens with one attached hydrogen (secondary N) is 1. The minimum atomic E-state index is -2.64. The maximum Gasteiger partial charge on any atom is 0.517 e. The van der Waals surface area contributed by atoms with Crippen LogP contribution in [-0.2, 0) is 18.2 Å². The minimum absolute atomic E-state index is 0.315. The zero-order valence-electron chi connectivity index (χ0n) is 16.3. The summed E-state index contributed by atoms with van der Waals surface area (Å²) >= 11 is 1.45. The van der Waals surface area contributed by atoms with E-state index >= 15 is 0 Å². The molecular weight excluding hydrogens is 354 g/mol. The Hall–Kier alpha value is 0.0769. The maximum atomic E-state index is 11.9. The first-order chi connectivity index (χ1) is 12.1. The van der Waals surface area contributed by atoms with Crippen LogP contribution >= 0.6 is 11.8 Å². The largest absolute Gasteiger partial charge is 0.517 e. The first-order valence-electron chi connectivity index (χ1n) is 9.96. The Labute approximate surface area is 159 Å². The number of hydroxylamine groups is 1. The Morgan fingerprint density at radius 1 is 1.24 bits per heavy atom. The van der Waals surface area contributed by atoms with Crippen molar-refractivity contribution in [2.75, 3.05) is 25.5 Å². The summed E-state index contributed by atoms with van der Waals surface area (Å²) in [6, 6.07) is 0.763. The van der Waals surface area contributed by atoms with Gasteiger partial charge >= 0.3 is 8.80 Å². The molecule has 0 amide bonds. The highest BCUT2D eigenvalue weighted by Gasteiger charge is 2.42. The lowest BCUT2D eigenvalue weighted by atomic mass is 10.1. The molecule has 1 heterocycles. The van der Waals surface area contributed by atoms with E-state index in [0.717, 1.165) is 37.6 Å². The third-order valence-corrected chi connectivity index (χ3v) is 8.14. The molecule has 0 aromatic carbocycles. The summed E-state index contributed by atoms with van der Waals surface area (Å²) in [4.78, 5) is 11.9. The molecule has 0 aromatic heterocycles. The van der Waals surface area contributed by atoms with Gasteiger partial charge in [0, 0.05) is 38.0 Å². The van der Waals surface area contributed by atoms with Crippen LogP contribution in [0.4, 0.5) is 0 Å². The van der Waals surface area contributed by atoms with E-state index in [4.69, 9.17) is 13.4 Å². The molecule has 1 rings (SSSR count). The maximum absolute atomic E-state index is 11.9. The van der Waals surface area contributed by atoms with E-state index in [1.807, 2.05) is 6.92 Å². The zero-order valence-corrected chi connectivity index (χ0v) is 18.1. The van der Waals surface area contributed by atoms with Gasteiger partial charge in [0.2, 0.25) is 0 Å². The second-order valence-electron chi connectivity index (χ2n) is 6.80. The number of carbonyl (C=O) groups excluding carboxylic acids is 1. The standard InChI is InChI=1S/C18H37NO4SSi/c1-4-6-7-8-9-11-18(20)24-14-10-15-25(21-5-2)22-13-12-17(3)16-19-23-25/h17,19H,4-16H2,1-3H3. The van der Waals surface area contributed by atoms with Gasteiger partial charge in [0.1, 0.15) is 0 Å². The summed E-state index contributed by atoms with van der Waals surface area (Å²) in [6.07, 6.45) is 8.57. The average Bonchev–Trinajstić information content (AvgIpc) is 2.57. The van der Waals surface area contributed by atoms with Gasteiger partial charge in [-0.2, -0.15) is 0 Å². The van der Waals surface area contributed by atoms with Crippen molar-refractivity contribution in [3.63, 3.8) is 0 Å². The van der Waals surface area contributed by atoms with Crippen LogP contribution in [0.2, 0.25) is 6.04 Å². The predicted octanol–water partition coefficient (Wildman–Crippen LogP) is 4.55. The summed E-state index contributed by atoms with van der Waals surface area (Å²) in [5, 5.41) is 0.315. The first kappa shape index (κ1) is 23.1. The fraction of sp³-hybridized carbons (Fsp3) is 0.944. The lowest BCUT2D eigenvalue weighted by Crippen LogP contribution is -2.51. The number of rotatable bonds is 12. The van der Waals surface area contributed by atoms with Crippen LogP contribution in [0.1, 0.15) is 72.1 Å². The lowest BCUT2D eigenvalue weighted by Gasteiger charge is -2.32. The summed E-state index contributed by atoms with van der Waals surface area (Å²) in [6.45, 7) is 8.47. The topological polar surface area (TPSA) is 56.8 Å². The molecular formula is C18H37NO4SSi. The van der Waals surface area contributed by atoms with Crippen molar-refractivity contribution >= 4 is 25.7 Å². The molecule has 1 N–H and O–H groups in total. The highest BCUT2D eigenvalue weighted by molar-refractivity contribution is 8.13. The molecule has 2 atom stereocenters. The molecule has 0 aliphatic carbocycles. The molecule has 0 bridgehead atoms. The summed E-state index contributed by atoms with van der Waals surface area (Å²) in [5.41, 5.74) is 3.05. The molecule has 0 spiro atoms. The Balaban J connectivity index is 2.22. The van der Waals surface area contributed by atoms with E-state index in [2.05, 4.69) is 19.3 Å². The van der Waals surface area contributed by atoms with Crippen molar-refractivity contribution in [1.82, 2.24) is 5.48 Å². The van der Waals surface area contributed by atoms with Gasteiger partial charge in [-0.3, -0.25) is 9.32 Å². The quantitative estimate of drug-likeness (QED) is 0.389. The van der Waals surface area contributed by atoms with E-state index < -0.39 is 8.80 Å². The highest BCUT2D eigenvalue weighted by Crippen LogP contribution is 2.22. The fourth-order valence-corrected chi connectivity index (χ4v) is 6.18. The molecule has 0 saturated carbocycles. The van der Waals surface area contributed by atoms with Crippen LogP contribution in [0.5, 0.6) is 0 Å². The Kier molecular flexibility index (Phi) is 13.1. The highest BCUT2D eigenvalue weighted by atomic mass is 32.2. The van der Waals surface area contributed by atoms with E-state index in [1.54, 1.807) is 0 Å². The van der Waals surface area contributed by atoms with Crippen LogP contribution in [0.25, 0.3) is 0 Å². The molecule has 0 aromatic rings. The van der Waals surface area contributed by atoms with Gasteiger partial charge in [-0.15, -0.1) is 0 Å². The van der Waals surface area contributed by atoms with Gasteiger partial charge in [0.15, 0.2) is 5.12 Å². The van der Waals surface area contributed by atoms with Gasteiger partial charge in [-0.25, -0.2) is 5.48 Å². The van der Waals surface area contributed by atoms with Crippen molar-refractivity contribution in [2.45, 2.75) is 78.2 Å². The van der Waals surface area contributed by atoms with E-state index in [1.165, 1.54) is 37.4 Å². The lowest BCUT2D eigenvalue weighted by molar-refractivity contribution is -0.111. The number of unbranched alkanes of at least 4 members (excludes halogenated alkanes) is 4. The average molecular weight is 392 g/mol. The van der Waals surface area contributed by atoms with Gasteiger partial charge < -0.3 is 8.85 Å². The fourth-order valence-electron chi connectivity index (χ4n) is 2.75. The molecule has 1 saturated heterocycles. The molecule has 1 fully saturated rings. The number of hydrogen-bond donors (Lipinski definition) is 1. The van der Waals surface area contributed by atoms with Gasteiger partial charge in [-0.05, 0) is 32.1 Å². The normalized spacial score (nSPS) is 24.7. The minimum Gasteiger partial charge on any atom is -0.373 e. The predicted molar refractivity (Wildman–Crippen MR) is 106 cm³/mol. The number of thioether (sulfide) groups is 1. The first-order valence-corrected chi connectivity index (χ1v) is 12.9. The number of hydrogen-bond acceptors (Lipinski definition) is 6. The number of carbonyl (C=O) groups is 1. The van der Waals surface area contributed by atoms with Crippen LogP contribution in [-0.4, -0.2) is 39.4 Å². The summed E-state index contributed by atoms with van der Waals surface area (Å²) < 4.78 is 17.8. The molecule has 7 heteroatoms. The van der Waals surface area contributed by atoms with Crippen LogP contribution < -0.4 is 5.48 Å². The van der Waals surface area contributed by atoms with Gasteiger partial charge in [0.25, 0.3) is 0 Å². The van der Waals surface area contributed by atoms with Crippen molar-refractivity contribution in [1.29, 1.82) is 0 Å². The SMILES string of the molecule is CCCCCCCC(=O)SCCC[Si]1(OCC)OCCC(C)CNO1. The van der Waals surface area contributed by atoms with E-state index in [0.29, 0.717) is 30.7 Å². The molecule has 25 heavy (non-hydrogen) atoms. The van der Waals surface area contributed by atoms with Crippen LogP contribution in [0, 0.1) is 5.92 Å². The van der Waals surface area contributed by atoms with Crippen molar-refractivity contribution in [3.8, 4) is 0 Å². The smallest absolute Gasteiger partial charge is 0.373 e. The molecule has 0 radical (unpaired) electrons. The second-order valence-corrected chi connectivity index (χ2v) is 10.6. The third-order valence-electron chi connectivity index (χ3n) is 4.33.